The summed E-state index contributed by atoms with van der Waals surface area (Å²) in [7, 11) is 3.90. The third-order valence-electron chi connectivity index (χ3n) is 4.35. The fourth-order valence-electron chi connectivity index (χ4n) is 2.90. The highest BCUT2D eigenvalue weighted by Crippen LogP contribution is 2.18. The van der Waals surface area contributed by atoms with Crippen LogP contribution < -0.4 is 10.1 Å². The summed E-state index contributed by atoms with van der Waals surface area (Å²) in [4.78, 5) is 10.9. The van der Waals surface area contributed by atoms with Gasteiger partial charge in [-0.15, -0.1) is 24.0 Å². The Bertz CT molecular complexity index is 522. The lowest BCUT2D eigenvalue weighted by Crippen LogP contribution is -2.39. The van der Waals surface area contributed by atoms with E-state index in [0.717, 1.165) is 37.2 Å². The van der Waals surface area contributed by atoms with Crippen molar-refractivity contribution in [3.05, 3.63) is 23.9 Å². The lowest BCUT2D eigenvalue weighted by molar-refractivity contribution is 0.0625. The molecule has 25 heavy (non-hydrogen) atoms. The molecule has 142 valence electrons. The zero-order valence-corrected chi connectivity index (χ0v) is 17.9. The van der Waals surface area contributed by atoms with Crippen LogP contribution in [0.25, 0.3) is 0 Å². The van der Waals surface area contributed by atoms with E-state index in [1.165, 1.54) is 19.3 Å². The summed E-state index contributed by atoms with van der Waals surface area (Å²) in [6, 6.07) is 3.96. The standard InChI is InChI=1S/C18H30N4O2.HI/c1-4-24-17-16(6-5-10-20-17)14-21-18(19-2)22(3)11-7-15-8-12-23-13-9-15;/h5-6,10,15H,4,7-9,11-14H2,1-3H3,(H,19,21);1H. The first-order chi connectivity index (χ1) is 11.7. The highest BCUT2D eigenvalue weighted by Gasteiger charge is 2.15. The molecule has 0 unspecified atom stereocenters. The Hall–Kier alpha value is -1.09. The molecule has 1 aliphatic rings. The first-order valence-corrected chi connectivity index (χ1v) is 8.80. The number of rotatable bonds is 7. The maximum absolute atomic E-state index is 5.57. The number of nitrogens with zero attached hydrogens (tertiary/aromatic N) is 3. The molecule has 0 amide bonds. The molecule has 1 saturated heterocycles. The van der Waals surface area contributed by atoms with E-state index in [1.807, 2.05) is 26.1 Å². The van der Waals surface area contributed by atoms with Gasteiger partial charge < -0.3 is 19.7 Å². The summed E-state index contributed by atoms with van der Waals surface area (Å²) >= 11 is 0. The first kappa shape index (κ1) is 22.0. The maximum atomic E-state index is 5.57. The third-order valence-corrected chi connectivity index (χ3v) is 4.35. The summed E-state index contributed by atoms with van der Waals surface area (Å²) < 4.78 is 11.0. The van der Waals surface area contributed by atoms with Crippen molar-refractivity contribution in [2.24, 2.45) is 10.9 Å². The molecule has 0 radical (unpaired) electrons. The van der Waals surface area contributed by atoms with E-state index in [-0.39, 0.29) is 24.0 Å². The molecule has 0 spiro atoms. The van der Waals surface area contributed by atoms with E-state index < -0.39 is 0 Å². The van der Waals surface area contributed by atoms with Gasteiger partial charge in [0, 0.05) is 52.2 Å². The van der Waals surface area contributed by atoms with Crippen LogP contribution in [-0.2, 0) is 11.3 Å². The predicted molar refractivity (Wildman–Crippen MR) is 112 cm³/mol. The number of ether oxygens (including phenoxy) is 2. The molecule has 6 nitrogen and oxygen atoms in total. The second-order valence-corrected chi connectivity index (χ2v) is 6.07. The lowest BCUT2D eigenvalue weighted by Gasteiger charge is -2.27. The van der Waals surface area contributed by atoms with Gasteiger partial charge in [0.2, 0.25) is 5.88 Å². The summed E-state index contributed by atoms with van der Waals surface area (Å²) in [6.07, 6.45) is 5.28. The number of hydrogen-bond donors (Lipinski definition) is 1. The van der Waals surface area contributed by atoms with Gasteiger partial charge in [0.05, 0.1) is 6.61 Å². The maximum Gasteiger partial charge on any atom is 0.218 e. The van der Waals surface area contributed by atoms with Crippen molar-refractivity contribution >= 4 is 29.9 Å². The molecule has 1 aliphatic heterocycles. The van der Waals surface area contributed by atoms with Crippen LogP contribution in [0.15, 0.2) is 23.3 Å². The SMILES string of the molecule is CCOc1ncccc1CNC(=NC)N(C)CCC1CCOCC1.I. The molecule has 7 heteroatoms. The summed E-state index contributed by atoms with van der Waals surface area (Å²) in [5.41, 5.74) is 1.04. The normalized spacial score (nSPS) is 15.4. The molecule has 0 aromatic carbocycles. The summed E-state index contributed by atoms with van der Waals surface area (Å²) in [5.74, 6) is 2.35. The first-order valence-electron chi connectivity index (χ1n) is 8.80. The Morgan fingerprint density at radius 1 is 1.44 bits per heavy atom. The fourth-order valence-corrected chi connectivity index (χ4v) is 2.90. The quantitative estimate of drug-likeness (QED) is 0.384. The molecule has 1 N–H and O–H groups in total. The monoisotopic (exact) mass is 462 g/mol. The predicted octanol–water partition coefficient (Wildman–Crippen LogP) is 2.92. The van der Waals surface area contributed by atoms with Gasteiger partial charge >= 0.3 is 0 Å². The molecule has 2 rings (SSSR count). The van der Waals surface area contributed by atoms with Crippen LogP contribution in [0, 0.1) is 5.92 Å². The van der Waals surface area contributed by atoms with E-state index in [4.69, 9.17) is 9.47 Å². The van der Waals surface area contributed by atoms with Gasteiger partial charge in [0.15, 0.2) is 5.96 Å². The minimum atomic E-state index is 0. The number of pyridine rings is 1. The molecular formula is C18H31IN4O2. The molecule has 0 saturated carbocycles. The fraction of sp³-hybridized carbons (Fsp3) is 0.667. The molecule has 0 aliphatic carbocycles. The summed E-state index contributed by atoms with van der Waals surface area (Å²) in [6.45, 7) is 6.04. The Morgan fingerprint density at radius 2 is 2.20 bits per heavy atom. The van der Waals surface area contributed by atoms with Crippen LogP contribution in [0.2, 0.25) is 0 Å². The molecule has 0 atom stereocenters. The van der Waals surface area contributed by atoms with Gasteiger partial charge in [-0.25, -0.2) is 4.98 Å². The minimum Gasteiger partial charge on any atom is -0.478 e. The third kappa shape index (κ3) is 7.35. The average molecular weight is 462 g/mol. The molecular weight excluding hydrogens is 431 g/mol. The number of aromatic nitrogens is 1. The van der Waals surface area contributed by atoms with Crippen molar-refractivity contribution in [1.82, 2.24) is 15.2 Å². The van der Waals surface area contributed by atoms with E-state index >= 15 is 0 Å². The van der Waals surface area contributed by atoms with Gasteiger partial charge in [0.1, 0.15) is 0 Å². The largest absolute Gasteiger partial charge is 0.478 e. The van der Waals surface area contributed by atoms with E-state index in [2.05, 4.69) is 27.2 Å². The zero-order valence-electron chi connectivity index (χ0n) is 15.5. The Balaban J connectivity index is 0.00000312. The second kappa shape index (κ2) is 12.3. The van der Waals surface area contributed by atoms with E-state index in [0.29, 0.717) is 19.0 Å². The Kier molecular flexibility index (Phi) is 10.8. The van der Waals surface area contributed by atoms with E-state index in [1.54, 1.807) is 6.20 Å². The number of hydrogen-bond acceptors (Lipinski definition) is 4. The minimum absolute atomic E-state index is 0. The number of nitrogens with one attached hydrogen (secondary N) is 1. The van der Waals surface area contributed by atoms with Crippen LogP contribution in [-0.4, -0.2) is 56.3 Å². The highest BCUT2D eigenvalue weighted by atomic mass is 127. The van der Waals surface area contributed by atoms with Crippen LogP contribution in [0.5, 0.6) is 5.88 Å². The molecule has 2 heterocycles. The van der Waals surface area contributed by atoms with Crippen molar-refractivity contribution < 1.29 is 9.47 Å². The van der Waals surface area contributed by atoms with Gasteiger partial charge in [-0.05, 0) is 38.2 Å². The van der Waals surface area contributed by atoms with Gasteiger partial charge in [0.25, 0.3) is 0 Å². The van der Waals surface area contributed by atoms with Gasteiger partial charge in [-0.3, -0.25) is 4.99 Å². The van der Waals surface area contributed by atoms with Crippen LogP contribution in [0.1, 0.15) is 31.7 Å². The van der Waals surface area contributed by atoms with Crippen LogP contribution >= 0.6 is 24.0 Å². The van der Waals surface area contributed by atoms with Crippen LogP contribution in [0.4, 0.5) is 0 Å². The molecule has 0 bridgehead atoms. The van der Waals surface area contributed by atoms with E-state index in [9.17, 15) is 0 Å². The average Bonchev–Trinajstić information content (AvgIpc) is 2.63. The molecule has 1 fully saturated rings. The van der Waals surface area contributed by atoms with Crippen molar-refractivity contribution in [2.45, 2.75) is 32.7 Å². The summed E-state index contributed by atoms with van der Waals surface area (Å²) in [5, 5.41) is 3.40. The Morgan fingerprint density at radius 3 is 2.88 bits per heavy atom. The highest BCUT2D eigenvalue weighted by molar-refractivity contribution is 14.0. The molecule has 1 aromatic rings. The van der Waals surface area contributed by atoms with Crippen LogP contribution in [0.3, 0.4) is 0 Å². The number of guanidine groups is 1. The lowest BCUT2D eigenvalue weighted by atomic mass is 9.96. The van der Waals surface area contributed by atoms with Crippen molar-refractivity contribution in [1.29, 1.82) is 0 Å². The smallest absolute Gasteiger partial charge is 0.218 e. The van der Waals surface area contributed by atoms with Crippen molar-refractivity contribution in [3.63, 3.8) is 0 Å². The Labute approximate surface area is 168 Å². The van der Waals surface area contributed by atoms with Crippen molar-refractivity contribution in [2.75, 3.05) is 40.5 Å². The second-order valence-electron chi connectivity index (χ2n) is 6.07. The number of halogens is 1. The van der Waals surface area contributed by atoms with Gasteiger partial charge in [-0.2, -0.15) is 0 Å². The topological polar surface area (TPSA) is 59.0 Å². The molecule has 1 aromatic heterocycles. The number of aliphatic imine (C=N–C) groups is 1. The van der Waals surface area contributed by atoms with Crippen molar-refractivity contribution in [3.8, 4) is 5.88 Å². The zero-order chi connectivity index (χ0) is 17.2. The van der Waals surface area contributed by atoms with Gasteiger partial charge in [-0.1, -0.05) is 6.07 Å².